The number of nitrogens with one attached hydrogen (secondary N) is 1. The fourth-order valence-corrected chi connectivity index (χ4v) is 2.21. The fourth-order valence-electron chi connectivity index (χ4n) is 1.81. The SMILES string of the molecule is CNC(CCCC(F)(F)F)c1ccc(C)c(Br)c1. The minimum atomic E-state index is -4.06. The van der Waals surface area contributed by atoms with E-state index in [0.29, 0.717) is 6.42 Å². The van der Waals surface area contributed by atoms with Crippen molar-refractivity contribution in [2.75, 3.05) is 7.05 Å². The summed E-state index contributed by atoms with van der Waals surface area (Å²) in [5, 5.41) is 3.06. The first-order valence-electron chi connectivity index (χ1n) is 5.83. The van der Waals surface area contributed by atoms with Gasteiger partial charge in [-0.1, -0.05) is 28.1 Å². The molecule has 102 valence electrons. The van der Waals surface area contributed by atoms with Crippen LogP contribution in [0.5, 0.6) is 0 Å². The third-order valence-corrected chi connectivity index (χ3v) is 3.75. The Balaban J connectivity index is 2.63. The van der Waals surface area contributed by atoms with E-state index in [1.54, 1.807) is 7.05 Å². The minimum absolute atomic E-state index is 0.0377. The monoisotopic (exact) mass is 323 g/mol. The second kappa shape index (κ2) is 6.57. The molecular formula is C13H17BrF3N. The second-order valence-electron chi connectivity index (χ2n) is 4.36. The van der Waals surface area contributed by atoms with Gasteiger partial charge in [0.2, 0.25) is 0 Å². The van der Waals surface area contributed by atoms with Crippen LogP contribution in [0.25, 0.3) is 0 Å². The average molecular weight is 324 g/mol. The Kier molecular flexibility index (Phi) is 5.66. The highest BCUT2D eigenvalue weighted by Gasteiger charge is 2.26. The molecule has 0 heterocycles. The van der Waals surface area contributed by atoms with Gasteiger partial charge in [0, 0.05) is 16.9 Å². The Morgan fingerprint density at radius 3 is 2.50 bits per heavy atom. The zero-order valence-corrected chi connectivity index (χ0v) is 12.0. The second-order valence-corrected chi connectivity index (χ2v) is 5.21. The Labute approximate surface area is 114 Å². The molecule has 0 bridgehead atoms. The molecule has 18 heavy (non-hydrogen) atoms. The maximum Gasteiger partial charge on any atom is 0.389 e. The first-order valence-corrected chi connectivity index (χ1v) is 6.63. The number of halogens is 4. The van der Waals surface area contributed by atoms with Gasteiger partial charge in [-0.15, -0.1) is 0 Å². The van der Waals surface area contributed by atoms with Gasteiger partial charge in [-0.25, -0.2) is 0 Å². The van der Waals surface area contributed by atoms with Crippen LogP contribution in [-0.2, 0) is 0 Å². The predicted molar refractivity (Wildman–Crippen MR) is 70.6 cm³/mol. The van der Waals surface area contributed by atoms with E-state index in [-0.39, 0.29) is 12.5 Å². The van der Waals surface area contributed by atoms with Crippen LogP contribution in [-0.4, -0.2) is 13.2 Å². The van der Waals surface area contributed by atoms with Crippen LogP contribution in [0.1, 0.15) is 36.4 Å². The Morgan fingerprint density at radius 1 is 1.33 bits per heavy atom. The van der Waals surface area contributed by atoms with Gasteiger partial charge in [0.1, 0.15) is 0 Å². The van der Waals surface area contributed by atoms with Gasteiger partial charge in [-0.3, -0.25) is 0 Å². The molecule has 0 aliphatic carbocycles. The van der Waals surface area contributed by atoms with E-state index in [4.69, 9.17) is 0 Å². The van der Waals surface area contributed by atoms with Crippen molar-refractivity contribution in [2.24, 2.45) is 0 Å². The van der Waals surface area contributed by atoms with Crippen molar-refractivity contribution in [2.45, 2.75) is 38.4 Å². The molecule has 1 aromatic rings. The summed E-state index contributed by atoms with van der Waals surface area (Å²) in [5.41, 5.74) is 2.13. The largest absolute Gasteiger partial charge is 0.389 e. The predicted octanol–water partition coefficient (Wildman–Crippen LogP) is 4.75. The number of hydrogen-bond acceptors (Lipinski definition) is 1. The summed E-state index contributed by atoms with van der Waals surface area (Å²) in [5.74, 6) is 0. The van der Waals surface area contributed by atoms with Gasteiger partial charge in [0.25, 0.3) is 0 Å². The summed E-state index contributed by atoms with van der Waals surface area (Å²) >= 11 is 3.44. The molecule has 0 saturated heterocycles. The van der Waals surface area contributed by atoms with Crippen LogP contribution in [0.3, 0.4) is 0 Å². The number of benzene rings is 1. The van der Waals surface area contributed by atoms with Gasteiger partial charge in [0.05, 0.1) is 0 Å². The lowest BCUT2D eigenvalue weighted by molar-refractivity contribution is -0.135. The first-order chi connectivity index (χ1) is 8.33. The summed E-state index contributed by atoms with van der Waals surface area (Å²) in [6.07, 6.45) is -4.17. The zero-order valence-electron chi connectivity index (χ0n) is 10.4. The molecule has 0 fully saturated rings. The number of hydrogen-bond donors (Lipinski definition) is 1. The van der Waals surface area contributed by atoms with E-state index < -0.39 is 12.6 Å². The van der Waals surface area contributed by atoms with E-state index in [1.807, 2.05) is 25.1 Å². The highest BCUT2D eigenvalue weighted by Crippen LogP contribution is 2.28. The normalized spacial score (nSPS) is 13.7. The maximum atomic E-state index is 12.1. The standard InChI is InChI=1S/C13H17BrF3N/c1-9-5-6-10(8-11(9)14)12(18-2)4-3-7-13(15,16)17/h5-6,8,12,18H,3-4,7H2,1-2H3. The molecule has 1 N–H and O–H groups in total. The quantitative estimate of drug-likeness (QED) is 0.824. The average Bonchev–Trinajstić information content (AvgIpc) is 2.27. The molecule has 0 radical (unpaired) electrons. The van der Waals surface area contributed by atoms with E-state index in [1.165, 1.54) is 0 Å². The van der Waals surface area contributed by atoms with Crippen LogP contribution in [0.2, 0.25) is 0 Å². The Morgan fingerprint density at radius 2 is 2.00 bits per heavy atom. The lowest BCUT2D eigenvalue weighted by Gasteiger charge is -2.18. The summed E-state index contributed by atoms with van der Waals surface area (Å²) in [7, 11) is 1.77. The van der Waals surface area contributed by atoms with Gasteiger partial charge in [-0.05, 0) is 44.0 Å². The van der Waals surface area contributed by atoms with Crippen molar-refractivity contribution in [3.8, 4) is 0 Å². The molecule has 0 amide bonds. The van der Waals surface area contributed by atoms with E-state index in [9.17, 15) is 13.2 Å². The van der Waals surface area contributed by atoms with Crippen molar-refractivity contribution in [1.82, 2.24) is 5.32 Å². The number of aryl methyl sites for hydroxylation is 1. The molecule has 5 heteroatoms. The van der Waals surface area contributed by atoms with E-state index in [0.717, 1.165) is 15.6 Å². The third kappa shape index (κ3) is 4.98. The lowest BCUT2D eigenvalue weighted by Crippen LogP contribution is -2.17. The van der Waals surface area contributed by atoms with Crippen molar-refractivity contribution < 1.29 is 13.2 Å². The minimum Gasteiger partial charge on any atom is -0.313 e. The molecule has 1 rings (SSSR count). The van der Waals surface area contributed by atoms with E-state index in [2.05, 4.69) is 21.2 Å². The Hall–Kier alpha value is -0.550. The van der Waals surface area contributed by atoms with Crippen LogP contribution >= 0.6 is 15.9 Å². The summed E-state index contributed by atoms with van der Waals surface area (Å²) in [4.78, 5) is 0. The third-order valence-electron chi connectivity index (χ3n) is 2.90. The van der Waals surface area contributed by atoms with E-state index >= 15 is 0 Å². The lowest BCUT2D eigenvalue weighted by atomic mass is 10.00. The molecule has 0 aliphatic rings. The number of rotatable bonds is 5. The molecule has 0 aromatic heterocycles. The molecule has 1 atom stereocenters. The van der Waals surface area contributed by atoms with Gasteiger partial charge < -0.3 is 5.32 Å². The zero-order chi connectivity index (χ0) is 13.8. The molecule has 0 aliphatic heterocycles. The van der Waals surface area contributed by atoms with Crippen LogP contribution in [0, 0.1) is 6.92 Å². The van der Waals surface area contributed by atoms with Crippen molar-refractivity contribution in [1.29, 1.82) is 0 Å². The highest BCUT2D eigenvalue weighted by atomic mass is 79.9. The van der Waals surface area contributed by atoms with Crippen molar-refractivity contribution >= 4 is 15.9 Å². The van der Waals surface area contributed by atoms with Crippen LogP contribution in [0.15, 0.2) is 22.7 Å². The molecule has 1 aromatic carbocycles. The number of alkyl halides is 3. The van der Waals surface area contributed by atoms with Crippen molar-refractivity contribution in [3.05, 3.63) is 33.8 Å². The fraction of sp³-hybridized carbons (Fsp3) is 0.538. The molecule has 0 saturated carbocycles. The molecule has 1 unspecified atom stereocenters. The summed E-state index contributed by atoms with van der Waals surface area (Å²) in [6, 6.07) is 5.84. The summed E-state index contributed by atoms with van der Waals surface area (Å²) in [6.45, 7) is 1.98. The molecule has 1 nitrogen and oxygen atoms in total. The highest BCUT2D eigenvalue weighted by molar-refractivity contribution is 9.10. The Bertz CT molecular complexity index is 390. The topological polar surface area (TPSA) is 12.0 Å². The van der Waals surface area contributed by atoms with Gasteiger partial charge in [0.15, 0.2) is 0 Å². The molecule has 0 spiro atoms. The van der Waals surface area contributed by atoms with Crippen molar-refractivity contribution in [3.63, 3.8) is 0 Å². The van der Waals surface area contributed by atoms with Crippen LogP contribution < -0.4 is 5.32 Å². The first kappa shape index (κ1) is 15.5. The van der Waals surface area contributed by atoms with Crippen LogP contribution in [0.4, 0.5) is 13.2 Å². The van der Waals surface area contributed by atoms with Gasteiger partial charge in [-0.2, -0.15) is 13.2 Å². The summed E-state index contributed by atoms with van der Waals surface area (Å²) < 4.78 is 37.3. The smallest absolute Gasteiger partial charge is 0.313 e. The maximum absolute atomic E-state index is 12.1. The molecular weight excluding hydrogens is 307 g/mol. The van der Waals surface area contributed by atoms with Gasteiger partial charge >= 0.3 is 6.18 Å².